The fourth-order valence-corrected chi connectivity index (χ4v) is 1.95. The third-order valence-corrected chi connectivity index (χ3v) is 3.14. The van der Waals surface area contributed by atoms with Gasteiger partial charge in [-0.25, -0.2) is 0 Å². The lowest BCUT2D eigenvalue weighted by Gasteiger charge is -2.15. The molecule has 6 heteroatoms. The van der Waals surface area contributed by atoms with E-state index in [4.69, 9.17) is 4.74 Å². The lowest BCUT2D eigenvalue weighted by molar-refractivity contribution is 0.181. The maximum absolute atomic E-state index is 9.86. The van der Waals surface area contributed by atoms with Crippen LogP contribution in [0, 0.1) is 0 Å². The van der Waals surface area contributed by atoms with Crippen LogP contribution < -0.4 is 15.4 Å². The molecule has 2 rings (SSSR count). The van der Waals surface area contributed by atoms with Gasteiger partial charge in [0.1, 0.15) is 11.5 Å². The Hall–Kier alpha value is -1.46. The van der Waals surface area contributed by atoms with Crippen LogP contribution in [-0.4, -0.2) is 30.3 Å². The molecule has 2 aromatic carbocycles. The monoisotopic (exact) mass is 372 g/mol. The molecule has 0 saturated carbocycles. The number of nitrogens with one attached hydrogen (secondary N) is 2. The molecule has 24 heavy (non-hydrogen) atoms. The number of halogens is 2. The highest BCUT2D eigenvalue weighted by molar-refractivity contribution is 5.85. The first kappa shape index (κ1) is 22.5. The van der Waals surface area contributed by atoms with Crippen LogP contribution in [0.25, 0.3) is 0 Å². The highest BCUT2D eigenvalue weighted by Crippen LogP contribution is 2.22. The van der Waals surface area contributed by atoms with Crippen LogP contribution in [0.2, 0.25) is 0 Å². The van der Waals surface area contributed by atoms with Crippen molar-refractivity contribution in [1.29, 1.82) is 0 Å². The third kappa shape index (κ3) is 8.41. The number of hydrogen-bond donors (Lipinski definition) is 3. The molecule has 0 heterocycles. The van der Waals surface area contributed by atoms with E-state index in [9.17, 15) is 5.11 Å². The molecule has 3 N–H and O–H groups in total. The predicted octanol–water partition coefficient (Wildman–Crippen LogP) is 4.09. The first-order valence-electron chi connectivity index (χ1n) is 7.62. The summed E-state index contributed by atoms with van der Waals surface area (Å²) in [6.07, 6.45) is -0.414. The lowest BCUT2D eigenvalue weighted by Crippen LogP contribution is -2.35. The average Bonchev–Trinajstić information content (AvgIpc) is 2.53. The topological polar surface area (TPSA) is 53.5 Å². The van der Waals surface area contributed by atoms with E-state index in [0.29, 0.717) is 19.1 Å². The highest BCUT2D eigenvalue weighted by Gasteiger charge is 2.04. The lowest BCUT2D eigenvalue weighted by atomic mass is 10.2. The van der Waals surface area contributed by atoms with Crippen LogP contribution in [0.5, 0.6) is 11.5 Å². The second-order valence-corrected chi connectivity index (χ2v) is 5.54. The molecule has 0 aliphatic heterocycles. The molecule has 1 atom stereocenters. The van der Waals surface area contributed by atoms with E-state index in [-0.39, 0.29) is 24.8 Å². The van der Waals surface area contributed by atoms with Crippen molar-refractivity contribution in [1.82, 2.24) is 5.32 Å². The first-order valence-corrected chi connectivity index (χ1v) is 7.62. The van der Waals surface area contributed by atoms with Gasteiger partial charge in [0, 0.05) is 24.8 Å². The van der Waals surface area contributed by atoms with Gasteiger partial charge in [-0.3, -0.25) is 0 Å². The van der Waals surface area contributed by atoms with Gasteiger partial charge < -0.3 is 20.5 Å². The van der Waals surface area contributed by atoms with Crippen LogP contribution in [0.1, 0.15) is 13.8 Å². The molecular weight excluding hydrogens is 347 g/mol. The van der Waals surface area contributed by atoms with Gasteiger partial charge in [-0.1, -0.05) is 32.0 Å². The van der Waals surface area contributed by atoms with Crippen molar-refractivity contribution >= 4 is 30.5 Å². The van der Waals surface area contributed by atoms with Crippen LogP contribution >= 0.6 is 24.8 Å². The fourth-order valence-electron chi connectivity index (χ4n) is 1.95. The van der Waals surface area contributed by atoms with E-state index in [1.54, 1.807) is 0 Å². The minimum atomic E-state index is -0.414. The Kier molecular flexibility index (Phi) is 11.3. The second kappa shape index (κ2) is 12.0. The second-order valence-electron chi connectivity index (χ2n) is 5.54. The summed E-state index contributed by atoms with van der Waals surface area (Å²) in [7, 11) is 0. The van der Waals surface area contributed by atoms with Gasteiger partial charge in [-0.15, -0.1) is 24.8 Å². The Labute approximate surface area is 156 Å². The molecule has 1 unspecified atom stereocenters. The summed E-state index contributed by atoms with van der Waals surface area (Å²) in [5.74, 6) is 1.61. The number of benzene rings is 2. The molecule has 0 saturated heterocycles. The highest BCUT2D eigenvalue weighted by atomic mass is 35.5. The van der Waals surface area contributed by atoms with Gasteiger partial charge >= 0.3 is 0 Å². The molecule has 0 spiro atoms. The molecule has 0 aromatic heterocycles. The molecule has 4 nitrogen and oxygen atoms in total. The standard InChI is InChI=1S/C18H24N2O2.2ClH/c1-14(2)19-12-16(21)13-20-15-8-10-18(11-9-15)22-17-6-4-3-5-7-17;;/h3-11,14,16,19-21H,12-13H2,1-2H3;2*1H. The van der Waals surface area contributed by atoms with E-state index in [1.165, 1.54) is 0 Å². The zero-order valence-electron chi connectivity index (χ0n) is 13.9. The Morgan fingerprint density at radius 1 is 0.875 bits per heavy atom. The molecular formula is C18H26Cl2N2O2. The van der Waals surface area contributed by atoms with Crippen molar-refractivity contribution in [2.75, 3.05) is 18.4 Å². The molecule has 0 amide bonds. The van der Waals surface area contributed by atoms with Crippen LogP contribution in [0.4, 0.5) is 5.69 Å². The summed E-state index contributed by atoms with van der Waals surface area (Å²) in [5.41, 5.74) is 0.962. The molecule has 134 valence electrons. The zero-order chi connectivity index (χ0) is 15.8. The maximum Gasteiger partial charge on any atom is 0.127 e. The fraction of sp³-hybridized carbons (Fsp3) is 0.333. The van der Waals surface area contributed by atoms with Gasteiger partial charge in [-0.2, -0.15) is 0 Å². The molecule has 0 aliphatic rings. The Bertz CT molecular complexity index is 551. The van der Waals surface area contributed by atoms with Gasteiger partial charge in [0.05, 0.1) is 6.10 Å². The minimum Gasteiger partial charge on any atom is -0.457 e. The van der Waals surface area contributed by atoms with Gasteiger partial charge in [0.25, 0.3) is 0 Å². The van der Waals surface area contributed by atoms with Crippen molar-refractivity contribution in [3.05, 3.63) is 54.6 Å². The van der Waals surface area contributed by atoms with E-state index in [0.717, 1.165) is 17.2 Å². The summed E-state index contributed by atoms with van der Waals surface area (Å²) >= 11 is 0. The van der Waals surface area contributed by atoms with Crippen LogP contribution in [-0.2, 0) is 0 Å². The van der Waals surface area contributed by atoms with Gasteiger partial charge in [-0.05, 0) is 36.4 Å². The SMILES string of the molecule is CC(C)NCC(O)CNc1ccc(Oc2ccccc2)cc1.Cl.Cl. The van der Waals surface area contributed by atoms with E-state index in [1.807, 2.05) is 54.6 Å². The molecule has 0 aliphatic carbocycles. The maximum atomic E-state index is 9.86. The number of rotatable bonds is 8. The summed E-state index contributed by atoms with van der Waals surface area (Å²) in [6, 6.07) is 17.8. The zero-order valence-corrected chi connectivity index (χ0v) is 15.6. The smallest absolute Gasteiger partial charge is 0.127 e. The van der Waals surface area contributed by atoms with Crippen molar-refractivity contribution in [2.24, 2.45) is 0 Å². The normalized spacial score (nSPS) is 11.2. The minimum absolute atomic E-state index is 0. The Balaban J connectivity index is 0.00000264. The molecule has 0 radical (unpaired) electrons. The van der Waals surface area contributed by atoms with Gasteiger partial charge in [0.15, 0.2) is 0 Å². The summed E-state index contributed by atoms with van der Waals surface area (Å²) < 4.78 is 5.74. The predicted molar refractivity (Wildman–Crippen MR) is 105 cm³/mol. The van der Waals surface area contributed by atoms with Gasteiger partial charge in [0.2, 0.25) is 0 Å². The van der Waals surface area contributed by atoms with E-state index < -0.39 is 6.10 Å². The Morgan fingerprint density at radius 3 is 2.04 bits per heavy atom. The van der Waals surface area contributed by atoms with Crippen molar-refractivity contribution < 1.29 is 9.84 Å². The first-order chi connectivity index (χ1) is 10.6. The number of anilines is 1. The van der Waals surface area contributed by atoms with Crippen LogP contribution in [0.15, 0.2) is 54.6 Å². The van der Waals surface area contributed by atoms with Crippen molar-refractivity contribution in [3.8, 4) is 11.5 Å². The average molecular weight is 373 g/mol. The Morgan fingerprint density at radius 2 is 1.46 bits per heavy atom. The van der Waals surface area contributed by atoms with Crippen molar-refractivity contribution in [2.45, 2.75) is 26.0 Å². The number of aliphatic hydroxyl groups is 1. The molecule has 2 aromatic rings. The van der Waals surface area contributed by atoms with Crippen LogP contribution in [0.3, 0.4) is 0 Å². The number of hydrogen-bond acceptors (Lipinski definition) is 4. The third-order valence-electron chi connectivity index (χ3n) is 3.14. The number of para-hydroxylation sites is 1. The molecule has 0 fully saturated rings. The van der Waals surface area contributed by atoms with Crippen molar-refractivity contribution in [3.63, 3.8) is 0 Å². The largest absolute Gasteiger partial charge is 0.457 e. The number of ether oxygens (including phenoxy) is 1. The summed E-state index contributed by atoms with van der Waals surface area (Å²) in [4.78, 5) is 0. The van der Waals surface area contributed by atoms with E-state index >= 15 is 0 Å². The van der Waals surface area contributed by atoms with E-state index in [2.05, 4.69) is 24.5 Å². The summed E-state index contributed by atoms with van der Waals surface area (Å²) in [5, 5.41) is 16.3. The molecule has 0 bridgehead atoms. The number of aliphatic hydroxyl groups excluding tert-OH is 1. The quantitative estimate of drug-likeness (QED) is 0.652. The summed E-state index contributed by atoms with van der Waals surface area (Å²) in [6.45, 7) is 5.22.